The van der Waals surface area contributed by atoms with Crippen molar-refractivity contribution in [2.45, 2.75) is 19.4 Å². The van der Waals surface area contributed by atoms with E-state index < -0.39 is 10.1 Å². The van der Waals surface area contributed by atoms with Crippen molar-refractivity contribution in [3.05, 3.63) is 0 Å². The van der Waals surface area contributed by atoms with Crippen LogP contribution in [-0.4, -0.2) is 45.2 Å². The third kappa shape index (κ3) is 2.45. The standard InChI is InChI=1S/C8H15NO4S/c1-6-7(8(10)9(6)2)4-5-13-14(3,11)12/h6-7H,4-5H2,1-3H3/t6-,7-/m0/s1. The number of hydrogen-bond donors (Lipinski definition) is 0. The van der Waals surface area contributed by atoms with Crippen LogP contribution in [0.1, 0.15) is 13.3 Å². The summed E-state index contributed by atoms with van der Waals surface area (Å²) in [6.07, 6.45) is 1.47. The summed E-state index contributed by atoms with van der Waals surface area (Å²) < 4.78 is 25.8. The number of hydrogen-bond acceptors (Lipinski definition) is 4. The molecule has 0 unspecified atom stereocenters. The van der Waals surface area contributed by atoms with E-state index in [0.29, 0.717) is 6.42 Å². The first kappa shape index (κ1) is 11.5. The fraction of sp³-hybridized carbons (Fsp3) is 0.875. The molecule has 5 nitrogen and oxygen atoms in total. The minimum absolute atomic E-state index is 0.0644. The summed E-state index contributed by atoms with van der Waals surface area (Å²) in [5.41, 5.74) is 0. The molecule has 0 bridgehead atoms. The van der Waals surface area contributed by atoms with E-state index in [1.165, 1.54) is 0 Å². The maximum Gasteiger partial charge on any atom is 0.264 e. The van der Waals surface area contributed by atoms with Gasteiger partial charge in [0.2, 0.25) is 5.91 Å². The van der Waals surface area contributed by atoms with Crippen LogP contribution < -0.4 is 0 Å². The summed E-state index contributed by atoms with van der Waals surface area (Å²) >= 11 is 0. The zero-order chi connectivity index (χ0) is 10.9. The molecule has 0 aromatic rings. The van der Waals surface area contributed by atoms with E-state index in [4.69, 9.17) is 0 Å². The van der Waals surface area contributed by atoms with Crippen LogP contribution >= 0.6 is 0 Å². The van der Waals surface area contributed by atoms with Crippen molar-refractivity contribution in [2.24, 2.45) is 5.92 Å². The number of amides is 1. The zero-order valence-corrected chi connectivity index (χ0v) is 9.37. The van der Waals surface area contributed by atoms with Crippen molar-refractivity contribution < 1.29 is 17.4 Å². The highest BCUT2D eigenvalue weighted by Gasteiger charge is 2.41. The maximum atomic E-state index is 11.2. The average Bonchev–Trinajstić information content (AvgIpc) is 2.09. The van der Waals surface area contributed by atoms with Crippen molar-refractivity contribution in [1.29, 1.82) is 0 Å². The Balaban J connectivity index is 2.31. The minimum atomic E-state index is -3.38. The lowest BCUT2D eigenvalue weighted by atomic mass is 9.87. The van der Waals surface area contributed by atoms with E-state index in [1.807, 2.05) is 6.92 Å². The topological polar surface area (TPSA) is 63.7 Å². The molecule has 6 heteroatoms. The Hall–Kier alpha value is -0.620. The molecule has 1 saturated heterocycles. The van der Waals surface area contributed by atoms with Crippen molar-refractivity contribution in [1.82, 2.24) is 4.90 Å². The van der Waals surface area contributed by atoms with E-state index in [1.54, 1.807) is 11.9 Å². The highest BCUT2D eigenvalue weighted by molar-refractivity contribution is 7.85. The second-order valence-electron chi connectivity index (χ2n) is 3.61. The normalized spacial score (nSPS) is 27.6. The van der Waals surface area contributed by atoms with Gasteiger partial charge >= 0.3 is 0 Å². The smallest absolute Gasteiger partial charge is 0.264 e. The maximum absolute atomic E-state index is 11.2. The summed E-state index contributed by atoms with van der Waals surface area (Å²) in [5, 5.41) is 0. The van der Waals surface area contributed by atoms with Crippen LogP contribution in [0.3, 0.4) is 0 Å². The number of nitrogens with zero attached hydrogens (tertiary/aromatic N) is 1. The van der Waals surface area contributed by atoms with Crippen molar-refractivity contribution >= 4 is 16.0 Å². The van der Waals surface area contributed by atoms with Crippen LogP contribution in [0.5, 0.6) is 0 Å². The number of rotatable bonds is 4. The van der Waals surface area contributed by atoms with Gasteiger partial charge in [-0.1, -0.05) is 0 Å². The van der Waals surface area contributed by atoms with Gasteiger partial charge in [0.05, 0.1) is 18.8 Å². The first-order valence-corrected chi connectivity index (χ1v) is 6.25. The van der Waals surface area contributed by atoms with E-state index in [2.05, 4.69) is 4.18 Å². The van der Waals surface area contributed by atoms with E-state index in [-0.39, 0.29) is 24.5 Å². The number of likely N-dealkylation sites (tertiary alicyclic amines) is 1. The molecule has 82 valence electrons. The van der Waals surface area contributed by atoms with Crippen LogP contribution in [0.2, 0.25) is 0 Å². The molecule has 0 aromatic carbocycles. The first-order valence-electron chi connectivity index (χ1n) is 4.44. The summed E-state index contributed by atoms with van der Waals surface area (Å²) in [6.45, 7) is 2.03. The Morgan fingerprint density at radius 3 is 2.50 bits per heavy atom. The second-order valence-corrected chi connectivity index (χ2v) is 5.25. The van der Waals surface area contributed by atoms with Crippen LogP contribution in [0.25, 0.3) is 0 Å². The van der Waals surface area contributed by atoms with Gasteiger partial charge in [0.1, 0.15) is 0 Å². The third-order valence-corrected chi connectivity index (χ3v) is 3.18. The lowest BCUT2D eigenvalue weighted by Gasteiger charge is -2.42. The molecule has 0 aromatic heterocycles. The number of carbonyl (C=O) groups is 1. The monoisotopic (exact) mass is 221 g/mol. The molecule has 1 aliphatic rings. The lowest BCUT2D eigenvalue weighted by Crippen LogP contribution is -2.57. The van der Waals surface area contributed by atoms with Gasteiger partial charge in [0.25, 0.3) is 10.1 Å². The molecule has 0 saturated carbocycles. The Morgan fingerprint density at radius 2 is 2.07 bits per heavy atom. The Labute approximate surface area is 84.2 Å². The van der Waals surface area contributed by atoms with Crippen molar-refractivity contribution in [3.8, 4) is 0 Å². The molecule has 0 aliphatic carbocycles. The van der Waals surface area contributed by atoms with Gasteiger partial charge in [-0.15, -0.1) is 0 Å². The fourth-order valence-electron chi connectivity index (χ4n) is 1.55. The van der Waals surface area contributed by atoms with Gasteiger partial charge in [-0.2, -0.15) is 8.42 Å². The number of carbonyl (C=O) groups excluding carboxylic acids is 1. The molecule has 0 N–H and O–H groups in total. The summed E-state index contributed by atoms with van der Waals surface area (Å²) in [5.74, 6) is -0.0173. The zero-order valence-electron chi connectivity index (χ0n) is 8.56. The molecule has 1 aliphatic heterocycles. The van der Waals surface area contributed by atoms with Gasteiger partial charge in [0.15, 0.2) is 0 Å². The van der Waals surface area contributed by atoms with Gasteiger partial charge in [-0.3, -0.25) is 8.98 Å². The van der Waals surface area contributed by atoms with E-state index >= 15 is 0 Å². The highest BCUT2D eigenvalue weighted by atomic mass is 32.2. The highest BCUT2D eigenvalue weighted by Crippen LogP contribution is 2.27. The first-order chi connectivity index (χ1) is 6.33. The fourth-order valence-corrected chi connectivity index (χ4v) is 1.95. The summed E-state index contributed by atoms with van der Waals surface area (Å²) in [4.78, 5) is 12.9. The molecule has 0 spiro atoms. The van der Waals surface area contributed by atoms with Crippen LogP contribution in [0.4, 0.5) is 0 Å². The Morgan fingerprint density at radius 1 is 1.50 bits per heavy atom. The van der Waals surface area contributed by atoms with Crippen molar-refractivity contribution in [3.63, 3.8) is 0 Å². The molecule has 1 rings (SSSR count). The van der Waals surface area contributed by atoms with Gasteiger partial charge < -0.3 is 4.90 Å². The average molecular weight is 221 g/mol. The lowest BCUT2D eigenvalue weighted by molar-refractivity contribution is -0.153. The van der Waals surface area contributed by atoms with Crippen LogP contribution in [0, 0.1) is 5.92 Å². The van der Waals surface area contributed by atoms with E-state index in [9.17, 15) is 13.2 Å². The molecule has 1 fully saturated rings. The molecule has 0 radical (unpaired) electrons. The predicted octanol–water partition coefficient (Wildman–Crippen LogP) is -0.171. The molecule has 14 heavy (non-hydrogen) atoms. The van der Waals surface area contributed by atoms with Crippen LogP contribution in [-0.2, 0) is 19.1 Å². The predicted molar refractivity (Wildman–Crippen MR) is 51.1 cm³/mol. The van der Waals surface area contributed by atoms with E-state index in [0.717, 1.165) is 6.26 Å². The largest absolute Gasteiger partial charge is 0.342 e. The Bertz CT molecular complexity index is 324. The minimum Gasteiger partial charge on any atom is -0.342 e. The SMILES string of the molecule is C[C@H]1[C@H](CCOS(C)(=O)=O)C(=O)N1C. The second kappa shape index (κ2) is 3.86. The molecule has 1 amide bonds. The number of β-lactam (4-membered cyclic amide) rings is 1. The van der Waals surface area contributed by atoms with Crippen molar-refractivity contribution in [2.75, 3.05) is 19.9 Å². The van der Waals surface area contributed by atoms with Gasteiger partial charge in [-0.05, 0) is 13.3 Å². The summed E-state index contributed by atoms with van der Waals surface area (Å²) in [7, 11) is -1.64. The molecular weight excluding hydrogens is 206 g/mol. The third-order valence-electron chi connectivity index (χ3n) is 2.58. The van der Waals surface area contributed by atoms with Crippen LogP contribution in [0.15, 0.2) is 0 Å². The molecule has 1 heterocycles. The van der Waals surface area contributed by atoms with Gasteiger partial charge in [0, 0.05) is 13.1 Å². The molecule has 2 atom stereocenters. The van der Waals surface area contributed by atoms with Gasteiger partial charge in [-0.25, -0.2) is 0 Å². The Kier molecular flexibility index (Phi) is 3.16. The summed E-state index contributed by atoms with van der Waals surface area (Å²) in [6, 6.07) is 0.186. The quantitative estimate of drug-likeness (QED) is 0.488. The molecular formula is C8H15NO4S.